The highest BCUT2D eigenvalue weighted by molar-refractivity contribution is 5.94. The van der Waals surface area contributed by atoms with E-state index in [1.54, 1.807) is 11.0 Å². The van der Waals surface area contributed by atoms with Gasteiger partial charge in [0.1, 0.15) is 6.26 Å². The molecule has 126 valence electrons. The molecular formula is C19H22N2O3. The second kappa shape index (κ2) is 7.34. The van der Waals surface area contributed by atoms with Gasteiger partial charge in [-0.05, 0) is 25.0 Å². The van der Waals surface area contributed by atoms with Crippen molar-refractivity contribution in [2.75, 3.05) is 19.6 Å². The van der Waals surface area contributed by atoms with Crippen molar-refractivity contribution in [2.24, 2.45) is 5.92 Å². The summed E-state index contributed by atoms with van der Waals surface area (Å²) >= 11 is 0. The third-order valence-electron chi connectivity index (χ3n) is 4.50. The van der Waals surface area contributed by atoms with Crippen LogP contribution in [0, 0.1) is 5.92 Å². The molecule has 0 unspecified atom stereocenters. The van der Waals surface area contributed by atoms with Crippen molar-refractivity contribution in [3.63, 3.8) is 0 Å². The molecule has 1 saturated heterocycles. The van der Waals surface area contributed by atoms with Gasteiger partial charge in [-0.25, -0.2) is 0 Å². The van der Waals surface area contributed by atoms with E-state index in [2.05, 4.69) is 17.4 Å². The topological polar surface area (TPSA) is 62.6 Å². The molecule has 1 N–H and O–H groups in total. The van der Waals surface area contributed by atoms with E-state index in [4.69, 9.17) is 4.42 Å². The monoisotopic (exact) mass is 326 g/mol. The van der Waals surface area contributed by atoms with Crippen LogP contribution in [0.3, 0.4) is 0 Å². The van der Waals surface area contributed by atoms with Gasteiger partial charge in [0.2, 0.25) is 5.91 Å². The highest BCUT2D eigenvalue weighted by Gasteiger charge is 2.34. The number of carbonyl (C=O) groups is 2. The van der Waals surface area contributed by atoms with Gasteiger partial charge in [-0.15, -0.1) is 0 Å². The predicted molar refractivity (Wildman–Crippen MR) is 90.6 cm³/mol. The van der Waals surface area contributed by atoms with Crippen molar-refractivity contribution >= 4 is 11.8 Å². The zero-order valence-corrected chi connectivity index (χ0v) is 13.8. The van der Waals surface area contributed by atoms with Crippen molar-refractivity contribution in [3.05, 3.63) is 60.1 Å². The quantitative estimate of drug-likeness (QED) is 0.939. The lowest BCUT2D eigenvalue weighted by Gasteiger charge is -2.37. The van der Waals surface area contributed by atoms with Gasteiger partial charge in [0.25, 0.3) is 5.91 Å². The van der Waals surface area contributed by atoms with Crippen LogP contribution in [0.1, 0.15) is 35.2 Å². The highest BCUT2D eigenvalue weighted by atomic mass is 16.3. The standard InChI is InChI=1S/C19H22N2O3/c1-2-20-18(22)17-10-16(14-6-4-3-5-7-14)11-21(12-17)19(23)15-8-9-24-13-15/h3-9,13,16-17H,2,10-12H2,1H3,(H,20,22)/t16-,17+/m1/s1. The minimum Gasteiger partial charge on any atom is -0.472 e. The third-order valence-corrected chi connectivity index (χ3v) is 4.50. The van der Waals surface area contributed by atoms with Gasteiger partial charge in [0.15, 0.2) is 0 Å². The molecule has 1 aromatic carbocycles. The Morgan fingerprint density at radius 2 is 2.00 bits per heavy atom. The van der Waals surface area contributed by atoms with Gasteiger partial charge in [-0.3, -0.25) is 9.59 Å². The van der Waals surface area contributed by atoms with E-state index >= 15 is 0 Å². The van der Waals surface area contributed by atoms with Gasteiger partial charge in [0, 0.05) is 25.6 Å². The average molecular weight is 326 g/mol. The molecule has 1 aliphatic heterocycles. The number of piperidine rings is 1. The number of amides is 2. The summed E-state index contributed by atoms with van der Waals surface area (Å²) < 4.78 is 5.02. The van der Waals surface area contributed by atoms with Crippen LogP contribution < -0.4 is 5.32 Å². The molecule has 2 heterocycles. The second-order valence-corrected chi connectivity index (χ2v) is 6.16. The lowest BCUT2D eigenvalue weighted by Crippen LogP contribution is -2.48. The molecule has 1 aliphatic rings. The van der Waals surface area contributed by atoms with Crippen LogP contribution in [0.2, 0.25) is 0 Å². The molecular weight excluding hydrogens is 304 g/mol. The smallest absolute Gasteiger partial charge is 0.257 e. The summed E-state index contributed by atoms with van der Waals surface area (Å²) in [5.74, 6) is -0.107. The number of rotatable bonds is 4. The Labute approximate surface area is 141 Å². The number of nitrogens with zero attached hydrogens (tertiary/aromatic N) is 1. The molecule has 3 rings (SSSR count). The Hall–Kier alpha value is -2.56. The molecule has 0 radical (unpaired) electrons. The fourth-order valence-corrected chi connectivity index (χ4v) is 3.31. The van der Waals surface area contributed by atoms with Gasteiger partial charge in [-0.2, -0.15) is 0 Å². The predicted octanol–water partition coefficient (Wildman–Crippen LogP) is 2.66. The molecule has 2 atom stereocenters. The van der Waals surface area contributed by atoms with Crippen LogP contribution in [0.15, 0.2) is 53.3 Å². The van der Waals surface area contributed by atoms with E-state index in [0.29, 0.717) is 25.2 Å². The van der Waals surface area contributed by atoms with Gasteiger partial charge in [-0.1, -0.05) is 30.3 Å². The number of benzene rings is 1. The molecule has 5 nitrogen and oxygen atoms in total. The first-order chi connectivity index (χ1) is 11.7. The molecule has 2 amide bonds. The fraction of sp³-hybridized carbons (Fsp3) is 0.368. The molecule has 1 aromatic heterocycles. The first-order valence-corrected chi connectivity index (χ1v) is 8.33. The third kappa shape index (κ3) is 3.50. The number of hydrogen-bond donors (Lipinski definition) is 1. The second-order valence-electron chi connectivity index (χ2n) is 6.16. The number of nitrogens with one attached hydrogen (secondary N) is 1. The van der Waals surface area contributed by atoms with Gasteiger partial charge >= 0.3 is 0 Å². The maximum absolute atomic E-state index is 12.7. The molecule has 0 spiro atoms. The Kier molecular flexibility index (Phi) is 4.99. The molecule has 1 fully saturated rings. The molecule has 2 aromatic rings. The van der Waals surface area contributed by atoms with E-state index in [-0.39, 0.29) is 23.7 Å². The normalized spacial score (nSPS) is 20.6. The largest absolute Gasteiger partial charge is 0.472 e. The van der Waals surface area contributed by atoms with E-state index in [9.17, 15) is 9.59 Å². The Bertz CT molecular complexity index is 682. The van der Waals surface area contributed by atoms with Gasteiger partial charge < -0.3 is 14.6 Å². The number of carbonyl (C=O) groups excluding carboxylic acids is 2. The summed E-state index contributed by atoms with van der Waals surface area (Å²) in [5, 5.41) is 2.89. The molecule has 0 bridgehead atoms. The first kappa shape index (κ1) is 16.3. The van der Waals surface area contributed by atoms with Crippen LogP contribution in [-0.4, -0.2) is 36.3 Å². The zero-order valence-electron chi connectivity index (χ0n) is 13.8. The number of likely N-dealkylation sites (tertiary alicyclic amines) is 1. The van der Waals surface area contributed by atoms with Crippen molar-refractivity contribution < 1.29 is 14.0 Å². The maximum atomic E-state index is 12.7. The van der Waals surface area contributed by atoms with Crippen molar-refractivity contribution in [1.82, 2.24) is 10.2 Å². The van der Waals surface area contributed by atoms with Gasteiger partial charge in [0.05, 0.1) is 17.7 Å². The lowest BCUT2D eigenvalue weighted by atomic mass is 9.84. The average Bonchev–Trinajstić information content (AvgIpc) is 3.16. The Morgan fingerprint density at radius 1 is 1.21 bits per heavy atom. The van der Waals surface area contributed by atoms with Crippen LogP contribution in [-0.2, 0) is 4.79 Å². The minimum absolute atomic E-state index is 0.0168. The summed E-state index contributed by atoms with van der Waals surface area (Å²) in [7, 11) is 0. The fourth-order valence-electron chi connectivity index (χ4n) is 3.31. The Balaban J connectivity index is 1.83. The summed E-state index contributed by atoms with van der Waals surface area (Å²) in [6, 6.07) is 11.7. The maximum Gasteiger partial charge on any atom is 0.257 e. The molecule has 0 saturated carbocycles. The molecule has 5 heteroatoms. The number of hydrogen-bond acceptors (Lipinski definition) is 3. The number of furan rings is 1. The first-order valence-electron chi connectivity index (χ1n) is 8.33. The highest BCUT2D eigenvalue weighted by Crippen LogP contribution is 2.31. The van der Waals surface area contributed by atoms with E-state index in [1.807, 2.05) is 25.1 Å². The van der Waals surface area contributed by atoms with Crippen LogP contribution >= 0.6 is 0 Å². The summed E-state index contributed by atoms with van der Waals surface area (Å²) in [6.45, 7) is 3.56. The minimum atomic E-state index is -0.195. The summed E-state index contributed by atoms with van der Waals surface area (Å²) in [5.41, 5.74) is 1.69. The van der Waals surface area contributed by atoms with Crippen molar-refractivity contribution in [3.8, 4) is 0 Å². The van der Waals surface area contributed by atoms with Crippen LogP contribution in [0.5, 0.6) is 0 Å². The van der Waals surface area contributed by atoms with Crippen LogP contribution in [0.4, 0.5) is 0 Å². The van der Waals surface area contributed by atoms with E-state index in [1.165, 1.54) is 12.5 Å². The van der Waals surface area contributed by atoms with E-state index < -0.39 is 0 Å². The summed E-state index contributed by atoms with van der Waals surface area (Å²) in [6.07, 6.45) is 3.70. The van der Waals surface area contributed by atoms with Crippen molar-refractivity contribution in [2.45, 2.75) is 19.3 Å². The molecule has 24 heavy (non-hydrogen) atoms. The SMILES string of the molecule is CCNC(=O)[C@H]1C[C@@H](c2ccccc2)CN(C(=O)c2ccoc2)C1. The Morgan fingerprint density at radius 3 is 2.67 bits per heavy atom. The van der Waals surface area contributed by atoms with Crippen molar-refractivity contribution in [1.29, 1.82) is 0 Å². The zero-order chi connectivity index (χ0) is 16.9. The lowest BCUT2D eigenvalue weighted by molar-refractivity contribution is -0.126. The van der Waals surface area contributed by atoms with Crippen LogP contribution in [0.25, 0.3) is 0 Å². The van der Waals surface area contributed by atoms with E-state index in [0.717, 1.165) is 12.0 Å². The molecule has 0 aliphatic carbocycles. The summed E-state index contributed by atoms with van der Waals surface area (Å²) in [4.78, 5) is 26.8.